The maximum atomic E-state index is 14.8. The van der Waals surface area contributed by atoms with Crippen molar-refractivity contribution in [1.29, 1.82) is 0 Å². The van der Waals surface area contributed by atoms with Crippen LogP contribution in [-0.4, -0.2) is 41.3 Å². The molecule has 202 valence electrons. The van der Waals surface area contributed by atoms with Crippen LogP contribution in [0, 0.1) is 27.6 Å². The number of carbonyl (C=O) groups is 4. The van der Waals surface area contributed by atoms with Gasteiger partial charge in [0.15, 0.2) is 11.5 Å². The van der Waals surface area contributed by atoms with E-state index >= 15 is 0 Å². The molecule has 0 radical (unpaired) electrons. The van der Waals surface area contributed by atoms with Crippen molar-refractivity contribution in [3.05, 3.63) is 47.6 Å². The normalized spacial score (nSPS) is 44.1. The highest BCUT2D eigenvalue weighted by Crippen LogP contribution is 2.81. The summed E-state index contributed by atoms with van der Waals surface area (Å²) in [6.07, 6.45) is 7.04. The Bertz CT molecular complexity index is 1350. The van der Waals surface area contributed by atoms with Gasteiger partial charge < -0.3 is 18.6 Å². The quantitative estimate of drug-likeness (QED) is 0.423. The average molecular weight is 523 g/mol. The van der Waals surface area contributed by atoms with Crippen LogP contribution in [0.25, 0.3) is 0 Å². The van der Waals surface area contributed by atoms with Crippen LogP contribution in [0.3, 0.4) is 0 Å². The molecule has 1 saturated heterocycles. The van der Waals surface area contributed by atoms with Gasteiger partial charge in [0.25, 0.3) is 0 Å². The molecule has 6 rings (SSSR count). The van der Waals surface area contributed by atoms with Gasteiger partial charge in [0.1, 0.15) is 11.7 Å². The van der Waals surface area contributed by atoms with E-state index in [9.17, 15) is 19.2 Å². The molecule has 2 saturated carbocycles. The Morgan fingerprint density at radius 3 is 2.37 bits per heavy atom. The van der Waals surface area contributed by atoms with Gasteiger partial charge in [-0.1, -0.05) is 19.9 Å². The molecule has 5 aliphatic rings. The monoisotopic (exact) mass is 522 g/mol. The Balaban J connectivity index is 1.65. The minimum atomic E-state index is -1.22. The first-order valence-electron chi connectivity index (χ1n) is 13.3. The van der Waals surface area contributed by atoms with E-state index in [1.807, 2.05) is 26.0 Å². The van der Waals surface area contributed by atoms with E-state index in [1.165, 1.54) is 13.8 Å². The summed E-state index contributed by atoms with van der Waals surface area (Å²) in [5.41, 5.74) is -3.23. The molecule has 0 unspecified atom stereocenters. The van der Waals surface area contributed by atoms with Crippen LogP contribution in [0.1, 0.15) is 72.8 Å². The fourth-order valence-electron chi connectivity index (χ4n) is 9.43. The van der Waals surface area contributed by atoms with Gasteiger partial charge in [0, 0.05) is 30.6 Å². The van der Waals surface area contributed by atoms with Crippen molar-refractivity contribution < 1.29 is 37.8 Å². The highest BCUT2D eigenvalue weighted by molar-refractivity contribution is 6.07. The zero-order chi connectivity index (χ0) is 27.6. The maximum Gasteiger partial charge on any atom is 0.308 e. The highest BCUT2D eigenvalue weighted by atomic mass is 16.6. The average Bonchev–Trinajstić information content (AvgIpc) is 3.17. The predicted molar refractivity (Wildman–Crippen MR) is 133 cm³/mol. The summed E-state index contributed by atoms with van der Waals surface area (Å²) in [6.45, 7) is 12.1. The van der Waals surface area contributed by atoms with Crippen LogP contribution in [0.4, 0.5) is 0 Å². The molecular weight excluding hydrogens is 488 g/mol. The summed E-state index contributed by atoms with van der Waals surface area (Å²) in [4.78, 5) is 52.9. The molecule has 8 heteroatoms. The van der Waals surface area contributed by atoms with E-state index in [1.54, 1.807) is 32.4 Å². The largest absolute Gasteiger partial charge is 0.472 e. The minimum Gasteiger partial charge on any atom is -0.472 e. The molecule has 1 aromatic heterocycles. The maximum absolute atomic E-state index is 14.8. The van der Waals surface area contributed by atoms with E-state index in [0.29, 0.717) is 18.4 Å². The number of esters is 2. The SMILES string of the molecule is CC(=O)OC1=C2C(C)(C)C(=O)C=C[C@]2(C)[C@H]2[C@H](OC(C)=O)C[C@@]3(C)[C@H](c4ccoc4)C[C@H]4O[C@]43[C@]2(C)C1=O. The first-order valence-corrected chi connectivity index (χ1v) is 13.3. The van der Waals surface area contributed by atoms with Crippen LogP contribution >= 0.6 is 0 Å². The number of ether oxygens (including phenoxy) is 3. The standard InChI is InChI=1S/C30H34O8/c1-15(31)36-19-13-28(6)18(17-9-11-35-14-17)12-21-30(28,38-21)29(7)23(19)27(5)10-8-20(33)26(3,4)24(27)22(25(29)34)37-16(2)32/h8-11,14,18-19,21,23H,12-13H2,1-7H3/t18-,19+,21+,23+,27+,28-,29-,30+/m0/s1. The number of Topliss-reactive ketones (excluding diaryl/α,β-unsaturated/α-hetero) is 1. The predicted octanol–water partition coefficient (Wildman–Crippen LogP) is 4.44. The molecule has 1 spiro atoms. The van der Waals surface area contributed by atoms with Crippen LogP contribution in [-0.2, 0) is 33.4 Å². The summed E-state index contributed by atoms with van der Waals surface area (Å²) < 4.78 is 23.8. The fourth-order valence-corrected chi connectivity index (χ4v) is 9.43. The number of ketones is 2. The van der Waals surface area contributed by atoms with E-state index in [-0.39, 0.29) is 29.3 Å². The zero-order valence-electron chi connectivity index (χ0n) is 22.9. The number of allylic oxidation sites excluding steroid dienone is 4. The zero-order valence-corrected chi connectivity index (χ0v) is 22.9. The van der Waals surface area contributed by atoms with Crippen molar-refractivity contribution in [3.8, 4) is 0 Å². The Labute approximate surface area is 221 Å². The van der Waals surface area contributed by atoms with Crippen molar-refractivity contribution in [2.24, 2.45) is 27.6 Å². The number of furan rings is 1. The van der Waals surface area contributed by atoms with E-state index < -0.39 is 51.2 Å². The van der Waals surface area contributed by atoms with Gasteiger partial charge in [-0.2, -0.15) is 0 Å². The van der Waals surface area contributed by atoms with Crippen molar-refractivity contribution in [2.45, 2.75) is 85.0 Å². The second-order valence-corrected chi connectivity index (χ2v) is 12.9. The second-order valence-electron chi connectivity index (χ2n) is 12.9. The van der Waals surface area contributed by atoms with Gasteiger partial charge in [-0.15, -0.1) is 0 Å². The third-order valence-electron chi connectivity index (χ3n) is 10.6. The Morgan fingerprint density at radius 1 is 1.05 bits per heavy atom. The van der Waals surface area contributed by atoms with Crippen LogP contribution in [0.2, 0.25) is 0 Å². The number of hydrogen-bond acceptors (Lipinski definition) is 8. The van der Waals surface area contributed by atoms with Gasteiger partial charge in [-0.25, -0.2) is 0 Å². The Morgan fingerprint density at radius 2 is 1.76 bits per heavy atom. The summed E-state index contributed by atoms with van der Waals surface area (Å²) in [7, 11) is 0. The lowest BCUT2D eigenvalue weighted by Gasteiger charge is -2.64. The lowest BCUT2D eigenvalue weighted by atomic mass is 9.38. The molecule has 0 amide bonds. The van der Waals surface area contributed by atoms with E-state index in [2.05, 4.69) is 6.92 Å². The molecule has 1 aromatic rings. The first kappa shape index (κ1) is 25.3. The number of epoxide rings is 1. The molecule has 1 aliphatic heterocycles. The first-order chi connectivity index (χ1) is 17.7. The summed E-state index contributed by atoms with van der Waals surface area (Å²) in [6, 6.07) is 1.94. The fraction of sp³-hybridized carbons (Fsp3) is 0.600. The summed E-state index contributed by atoms with van der Waals surface area (Å²) >= 11 is 0. The van der Waals surface area contributed by atoms with Crippen LogP contribution < -0.4 is 0 Å². The van der Waals surface area contributed by atoms with Crippen molar-refractivity contribution in [2.75, 3.05) is 0 Å². The Hall–Kier alpha value is -3.00. The van der Waals surface area contributed by atoms with Crippen molar-refractivity contribution in [3.63, 3.8) is 0 Å². The smallest absolute Gasteiger partial charge is 0.308 e. The van der Waals surface area contributed by atoms with Crippen molar-refractivity contribution in [1.82, 2.24) is 0 Å². The van der Waals surface area contributed by atoms with Crippen LogP contribution in [0.5, 0.6) is 0 Å². The second kappa shape index (κ2) is 7.34. The third kappa shape index (κ3) is 2.69. The van der Waals surface area contributed by atoms with Crippen LogP contribution in [0.15, 0.2) is 46.5 Å². The van der Waals surface area contributed by atoms with E-state index in [0.717, 1.165) is 5.56 Å². The molecular formula is C30H34O8. The van der Waals surface area contributed by atoms with Gasteiger partial charge in [0.2, 0.25) is 5.78 Å². The van der Waals surface area contributed by atoms with E-state index in [4.69, 9.17) is 18.6 Å². The minimum absolute atomic E-state index is 0.0129. The van der Waals surface area contributed by atoms with Gasteiger partial charge in [0.05, 0.1) is 29.5 Å². The third-order valence-corrected chi connectivity index (χ3v) is 10.6. The Kier molecular flexibility index (Phi) is 4.89. The molecule has 3 fully saturated rings. The molecule has 8 nitrogen and oxygen atoms in total. The number of rotatable bonds is 3. The summed E-state index contributed by atoms with van der Waals surface area (Å²) in [5.74, 6) is -2.25. The number of carbonyl (C=O) groups excluding carboxylic acids is 4. The highest BCUT2D eigenvalue weighted by Gasteiger charge is 2.89. The molecule has 8 atom stereocenters. The van der Waals surface area contributed by atoms with Gasteiger partial charge in [-0.3, -0.25) is 19.2 Å². The molecule has 0 N–H and O–H groups in total. The lowest BCUT2D eigenvalue weighted by Crippen LogP contribution is -2.70. The topological polar surface area (TPSA) is 112 Å². The van der Waals surface area contributed by atoms with Gasteiger partial charge >= 0.3 is 11.9 Å². The molecule has 0 aromatic carbocycles. The molecule has 4 aliphatic carbocycles. The number of fused-ring (bicyclic) bond motifs is 3. The summed E-state index contributed by atoms with van der Waals surface area (Å²) in [5, 5.41) is 0. The lowest BCUT2D eigenvalue weighted by molar-refractivity contribution is -0.201. The van der Waals surface area contributed by atoms with Gasteiger partial charge in [-0.05, 0) is 62.8 Å². The molecule has 38 heavy (non-hydrogen) atoms. The molecule has 0 bridgehead atoms. The van der Waals surface area contributed by atoms with Crippen molar-refractivity contribution >= 4 is 23.5 Å². The molecule has 2 heterocycles. The number of hydrogen-bond donors (Lipinski definition) is 0.